The van der Waals surface area contributed by atoms with E-state index in [0.29, 0.717) is 5.15 Å². The van der Waals surface area contributed by atoms with Crippen molar-refractivity contribution in [2.24, 2.45) is 0 Å². The van der Waals surface area contributed by atoms with Crippen LogP contribution in [0.2, 0.25) is 5.15 Å². The molecule has 5 heteroatoms. The van der Waals surface area contributed by atoms with E-state index in [0.717, 1.165) is 43.3 Å². The number of hydrogen-bond acceptors (Lipinski definition) is 4. The molecule has 0 atom stereocenters. The largest absolute Gasteiger partial charge is 0.355 e. The van der Waals surface area contributed by atoms with Crippen LogP contribution in [0.15, 0.2) is 0 Å². The Morgan fingerprint density at radius 3 is 2.25 bits per heavy atom. The van der Waals surface area contributed by atoms with E-state index in [1.54, 1.807) is 0 Å². The highest BCUT2D eigenvalue weighted by Gasteiger charge is 2.16. The molecule has 0 saturated carbocycles. The van der Waals surface area contributed by atoms with Gasteiger partial charge in [-0.2, -0.15) is 0 Å². The number of anilines is 1. The van der Waals surface area contributed by atoms with Crippen LogP contribution in [-0.2, 0) is 0 Å². The first-order valence-electron chi connectivity index (χ1n) is 7.30. The number of rotatable bonds is 7. The molecule has 0 aromatic carbocycles. The van der Waals surface area contributed by atoms with Gasteiger partial charge in [-0.05, 0) is 27.4 Å². The second-order valence-corrected chi connectivity index (χ2v) is 6.12. The normalized spacial score (nSPS) is 11.4. The second kappa shape index (κ2) is 7.79. The maximum absolute atomic E-state index is 6.28. The predicted molar refractivity (Wildman–Crippen MR) is 86.9 cm³/mol. The number of hydrogen-bond donors (Lipinski definition) is 0. The minimum Gasteiger partial charge on any atom is -0.355 e. The van der Waals surface area contributed by atoms with Crippen LogP contribution in [0.5, 0.6) is 0 Å². The molecule has 0 aliphatic carbocycles. The standard InChI is InChI=1S/C15H27ClN4/c1-7-8-20(10-9-19(5)6)15-12(4)13(16)17-14(18-15)11(2)3/h11H,7-10H2,1-6H3. The van der Waals surface area contributed by atoms with Crippen LogP contribution in [0.3, 0.4) is 0 Å². The Morgan fingerprint density at radius 1 is 1.10 bits per heavy atom. The van der Waals surface area contributed by atoms with Crippen LogP contribution in [0, 0.1) is 6.92 Å². The maximum atomic E-state index is 6.28. The Balaban J connectivity index is 3.10. The van der Waals surface area contributed by atoms with Crippen LogP contribution in [0.4, 0.5) is 5.82 Å². The van der Waals surface area contributed by atoms with E-state index in [-0.39, 0.29) is 5.92 Å². The van der Waals surface area contributed by atoms with E-state index >= 15 is 0 Å². The van der Waals surface area contributed by atoms with E-state index in [1.165, 1.54) is 0 Å². The lowest BCUT2D eigenvalue weighted by Gasteiger charge is -2.27. The number of likely N-dealkylation sites (N-methyl/N-ethyl adjacent to an activating group) is 1. The molecule has 0 fully saturated rings. The van der Waals surface area contributed by atoms with Gasteiger partial charge in [0.2, 0.25) is 0 Å². The molecule has 0 N–H and O–H groups in total. The quantitative estimate of drug-likeness (QED) is 0.723. The van der Waals surface area contributed by atoms with Crippen molar-refractivity contribution in [3.05, 3.63) is 16.5 Å². The molecule has 1 aromatic rings. The van der Waals surface area contributed by atoms with Gasteiger partial charge in [-0.3, -0.25) is 0 Å². The van der Waals surface area contributed by atoms with E-state index in [9.17, 15) is 0 Å². The highest BCUT2D eigenvalue weighted by Crippen LogP contribution is 2.26. The SMILES string of the molecule is CCCN(CCN(C)C)c1nc(C(C)C)nc(Cl)c1C. The average molecular weight is 299 g/mol. The highest BCUT2D eigenvalue weighted by molar-refractivity contribution is 6.30. The summed E-state index contributed by atoms with van der Waals surface area (Å²) in [7, 11) is 4.17. The Labute approximate surface area is 128 Å². The molecule has 1 rings (SSSR count). The summed E-state index contributed by atoms with van der Waals surface area (Å²) in [6.45, 7) is 11.3. The molecule has 1 aromatic heterocycles. The van der Waals surface area contributed by atoms with Crippen molar-refractivity contribution in [1.29, 1.82) is 0 Å². The van der Waals surface area contributed by atoms with Crippen LogP contribution < -0.4 is 4.90 Å². The molecule has 0 spiro atoms. The zero-order valence-corrected chi connectivity index (χ0v) is 14.3. The summed E-state index contributed by atoms with van der Waals surface area (Å²) in [5, 5.41) is 0.574. The van der Waals surface area contributed by atoms with E-state index in [4.69, 9.17) is 16.6 Å². The molecule has 1 heterocycles. The van der Waals surface area contributed by atoms with Gasteiger partial charge in [0.25, 0.3) is 0 Å². The molecule has 0 radical (unpaired) electrons. The molecule has 0 aliphatic heterocycles. The monoisotopic (exact) mass is 298 g/mol. The predicted octanol–water partition coefficient (Wildman–Crippen LogP) is 3.34. The molecule has 0 bridgehead atoms. The third kappa shape index (κ3) is 4.60. The smallest absolute Gasteiger partial charge is 0.137 e. The molecule has 20 heavy (non-hydrogen) atoms. The van der Waals surface area contributed by atoms with Crippen molar-refractivity contribution in [3.8, 4) is 0 Å². The van der Waals surface area contributed by atoms with Gasteiger partial charge < -0.3 is 9.80 Å². The van der Waals surface area contributed by atoms with Gasteiger partial charge in [0, 0.05) is 31.1 Å². The van der Waals surface area contributed by atoms with Crippen molar-refractivity contribution >= 4 is 17.4 Å². The summed E-state index contributed by atoms with van der Waals surface area (Å²) in [5.74, 6) is 2.09. The number of halogens is 1. The Hall–Kier alpha value is -0.870. The van der Waals surface area contributed by atoms with Crippen molar-refractivity contribution < 1.29 is 0 Å². The second-order valence-electron chi connectivity index (χ2n) is 5.77. The third-order valence-corrected chi connectivity index (χ3v) is 3.57. The fraction of sp³-hybridized carbons (Fsp3) is 0.733. The minimum absolute atomic E-state index is 0.282. The fourth-order valence-corrected chi connectivity index (χ4v) is 2.15. The zero-order chi connectivity index (χ0) is 15.3. The van der Waals surface area contributed by atoms with Gasteiger partial charge in [0.05, 0.1) is 0 Å². The van der Waals surface area contributed by atoms with E-state index < -0.39 is 0 Å². The lowest BCUT2D eigenvalue weighted by molar-refractivity contribution is 0.412. The lowest BCUT2D eigenvalue weighted by atomic mass is 10.2. The Kier molecular flexibility index (Phi) is 6.69. The van der Waals surface area contributed by atoms with E-state index in [1.807, 2.05) is 6.92 Å². The van der Waals surface area contributed by atoms with Crippen molar-refractivity contribution in [2.45, 2.75) is 40.0 Å². The lowest BCUT2D eigenvalue weighted by Crippen LogP contribution is -2.33. The van der Waals surface area contributed by atoms with Gasteiger partial charge in [0.1, 0.15) is 16.8 Å². The molecule has 0 amide bonds. The summed E-state index contributed by atoms with van der Waals surface area (Å²) >= 11 is 6.28. The Bertz CT molecular complexity index is 432. The molecular formula is C15H27ClN4. The summed E-state index contributed by atoms with van der Waals surface area (Å²) in [5.41, 5.74) is 0.975. The van der Waals surface area contributed by atoms with Gasteiger partial charge in [-0.25, -0.2) is 9.97 Å². The van der Waals surface area contributed by atoms with Gasteiger partial charge in [-0.1, -0.05) is 32.4 Å². The minimum atomic E-state index is 0.282. The number of aromatic nitrogens is 2. The first-order chi connectivity index (χ1) is 9.36. The van der Waals surface area contributed by atoms with E-state index in [2.05, 4.69) is 49.7 Å². The molecule has 4 nitrogen and oxygen atoms in total. The summed E-state index contributed by atoms with van der Waals surface area (Å²) in [6.07, 6.45) is 1.09. The number of nitrogens with zero attached hydrogens (tertiary/aromatic N) is 4. The molecule has 114 valence electrons. The van der Waals surface area contributed by atoms with Crippen LogP contribution in [0.1, 0.15) is 44.5 Å². The van der Waals surface area contributed by atoms with Gasteiger partial charge >= 0.3 is 0 Å². The topological polar surface area (TPSA) is 32.3 Å². The zero-order valence-electron chi connectivity index (χ0n) is 13.6. The molecule has 0 saturated heterocycles. The van der Waals surface area contributed by atoms with Crippen LogP contribution in [-0.4, -0.2) is 48.6 Å². The maximum Gasteiger partial charge on any atom is 0.137 e. The molecule has 0 aliphatic rings. The fourth-order valence-electron chi connectivity index (χ4n) is 1.97. The van der Waals surface area contributed by atoms with Gasteiger partial charge in [0.15, 0.2) is 0 Å². The van der Waals surface area contributed by atoms with Gasteiger partial charge in [-0.15, -0.1) is 0 Å². The summed E-state index contributed by atoms with van der Waals surface area (Å²) in [4.78, 5) is 13.6. The third-order valence-electron chi connectivity index (χ3n) is 3.20. The summed E-state index contributed by atoms with van der Waals surface area (Å²) in [6, 6.07) is 0. The summed E-state index contributed by atoms with van der Waals surface area (Å²) < 4.78 is 0. The van der Waals surface area contributed by atoms with Crippen LogP contribution >= 0.6 is 11.6 Å². The average Bonchev–Trinajstić information content (AvgIpc) is 2.37. The molecule has 0 unspecified atom stereocenters. The first kappa shape index (κ1) is 17.2. The Morgan fingerprint density at radius 2 is 1.75 bits per heavy atom. The first-order valence-corrected chi connectivity index (χ1v) is 7.68. The van der Waals surface area contributed by atoms with Crippen molar-refractivity contribution in [2.75, 3.05) is 38.6 Å². The highest BCUT2D eigenvalue weighted by atomic mass is 35.5. The van der Waals surface area contributed by atoms with Crippen molar-refractivity contribution in [3.63, 3.8) is 0 Å². The van der Waals surface area contributed by atoms with Crippen LogP contribution in [0.25, 0.3) is 0 Å². The van der Waals surface area contributed by atoms with Crippen molar-refractivity contribution in [1.82, 2.24) is 14.9 Å². The molecular weight excluding hydrogens is 272 g/mol.